The number of nitrogen functional groups attached to an aromatic ring is 1. The Bertz CT molecular complexity index is 483. The number of nitrogens with two attached hydrogens (primary N) is 1. The molecule has 2 N–H and O–H groups in total. The molecule has 0 spiro atoms. The van der Waals surface area contributed by atoms with E-state index in [1.165, 1.54) is 0 Å². The lowest BCUT2D eigenvalue weighted by Crippen LogP contribution is -2.14. The Labute approximate surface area is 105 Å². The first kappa shape index (κ1) is 12.2. The summed E-state index contributed by atoms with van der Waals surface area (Å²) >= 11 is 1.58. The lowest BCUT2D eigenvalue weighted by atomic mass is 9.95. The quantitative estimate of drug-likeness (QED) is 0.660. The summed E-state index contributed by atoms with van der Waals surface area (Å²) in [7, 11) is 0. The summed E-state index contributed by atoms with van der Waals surface area (Å²) in [6, 6.07) is 1.78. The summed E-state index contributed by atoms with van der Waals surface area (Å²) in [5.41, 5.74) is 9.24. The molecule has 0 unspecified atom stereocenters. The van der Waals surface area contributed by atoms with Crippen LogP contribution >= 0.6 is 11.8 Å². The van der Waals surface area contributed by atoms with Gasteiger partial charge in [0.1, 0.15) is 5.03 Å². The van der Waals surface area contributed by atoms with Crippen molar-refractivity contribution in [1.29, 1.82) is 0 Å². The monoisotopic (exact) mass is 248 g/mol. The van der Waals surface area contributed by atoms with Crippen LogP contribution in [-0.4, -0.2) is 16.5 Å². The number of rotatable bonds is 3. The summed E-state index contributed by atoms with van der Waals surface area (Å²) in [4.78, 5) is 16.2. The van der Waals surface area contributed by atoms with Gasteiger partial charge in [-0.05, 0) is 25.8 Å². The third-order valence-electron chi connectivity index (χ3n) is 2.67. The van der Waals surface area contributed by atoms with Crippen LogP contribution in [0.5, 0.6) is 0 Å². The second kappa shape index (κ2) is 4.92. The summed E-state index contributed by atoms with van der Waals surface area (Å²) in [5, 5.41) is 0.821. The third kappa shape index (κ3) is 2.69. The Morgan fingerprint density at radius 1 is 1.59 bits per heavy atom. The maximum atomic E-state index is 11.7. The zero-order chi connectivity index (χ0) is 12.4. The normalized spacial score (nSPS) is 14.5. The summed E-state index contributed by atoms with van der Waals surface area (Å²) in [5.74, 6) is 0.978. The highest BCUT2D eigenvalue weighted by Gasteiger charge is 2.20. The van der Waals surface area contributed by atoms with Crippen molar-refractivity contribution < 1.29 is 4.79 Å². The molecule has 0 atom stereocenters. The summed E-state index contributed by atoms with van der Waals surface area (Å²) in [6.07, 6.45) is 2.39. The number of Topliss-reactive ketones (excluding diaryl/α,β-unsaturated/α-hetero) is 1. The fourth-order valence-electron chi connectivity index (χ4n) is 1.84. The molecule has 0 radical (unpaired) electrons. The molecule has 0 bridgehead atoms. The van der Waals surface area contributed by atoms with E-state index in [4.69, 9.17) is 5.73 Å². The van der Waals surface area contributed by atoms with E-state index in [2.05, 4.69) is 11.6 Å². The average molecular weight is 248 g/mol. The largest absolute Gasteiger partial charge is 0.397 e. The van der Waals surface area contributed by atoms with Crippen molar-refractivity contribution in [2.45, 2.75) is 31.2 Å². The van der Waals surface area contributed by atoms with Crippen LogP contribution in [0.3, 0.4) is 0 Å². The number of aromatic nitrogens is 1. The fraction of sp³-hybridized carbons (Fsp3) is 0.385. The van der Waals surface area contributed by atoms with Crippen molar-refractivity contribution >= 4 is 23.2 Å². The van der Waals surface area contributed by atoms with Crippen LogP contribution in [0.2, 0.25) is 0 Å². The SMILES string of the molecule is C=C(C)CSc1nc2c(cc1N)C(=O)CCC2. The van der Waals surface area contributed by atoms with Crippen molar-refractivity contribution in [1.82, 2.24) is 4.98 Å². The predicted molar refractivity (Wildman–Crippen MR) is 71.5 cm³/mol. The molecule has 1 aliphatic rings. The molecule has 2 rings (SSSR count). The molecule has 90 valence electrons. The molecule has 3 nitrogen and oxygen atoms in total. The molecule has 1 aromatic heterocycles. The molecule has 0 fully saturated rings. The van der Waals surface area contributed by atoms with E-state index >= 15 is 0 Å². The van der Waals surface area contributed by atoms with Gasteiger partial charge in [0.05, 0.1) is 11.4 Å². The van der Waals surface area contributed by atoms with Crippen LogP contribution in [0.25, 0.3) is 0 Å². The van der Waals surface area contributed by atoms with E-state index in [0.717, 1.165) is 34.9 Å². The fourth-order valence-corrected chi connectivity index (χ4v) is 2.62. The Hall–Kier alpha value is -1.29. The maximum Gasteiger partial charge on any atom is 0.164 e. The van der Waals surface area contributed by atoms with Gasteiger partial charge in [0, 0.05) is 17.7 Å². The van der Waals surface area contributed by atoms with Gasteiger partial charge in [-0.25, -0.2) is 4.98 Å². The third-order valence-corrected chi connectivity index (χ3v) is 3.90. The van der Waals surface area contributed by atoms with Gasteiger partial charge in [0.2, 0.25) is 0 Å². The molecule has 0 amide bonds. The Balaban J connectivity index is 2.30. The summed E-state index contributed by atoms with van der Waals surface area (Å²) in [6.45, 7) is 5.83. The Morgan fingerprint density at radius 2 is 2.35 bits per heavy atom. The van der Waals surface area contributed by atoms with Gasteiger partial charge in [-0.2, -0.15) is 0 Å². The molecule has 0 aliphatic heterocycles. The van der Waals surface area contributed by atoms with Crippen molar-refractivity contribution in [2.24, 2.45) is 0 Å². The Kier molecular flexibility index (Phi) is 3.52. The van der Waals surface area contributed by atoms with Gasteiger partial charge in [0.25, 0.3) is 0 Å². The lowest BCUT2D eigenvalue weighted by Gasteiger charge is -2.16. The minimum absolute atomic E-state index is 0.168. The van der Waals surface area contributed by atoms with Crippen LogP contribution < -0.4 is 5.73 Å². The second-order valence-electron chi connectivity index (χ2n) is 4.40. The number of hydrogen-bond acceptors (Lipinski definition) is 4. The first-order valence-corrected chi connectivity index (χ1v) is 6.66. The molecule has 1 aliphatic carbocycles. The van der Waals surface area contributed by atoms with Crippen molar-refractivity contribution in [3.63, 3.8) is 0 Å². The van der Waals surface area contributed by atoms with E-state index in [9.17, 15) is 4.79 Å². The van der Waals surface area contributed by atoms with Crippen molar-refractivity contribution in [2.75, 3.05) is 11.5 Å². The lowest BCUT2D eigenvalue weighted by molar-refractivity contribution is 0.0971. The summed E-state index contributed by atoms with van der Waals surface area (Å²) < 4.78 is 0. The number of fused-ring (bicyclic) bond motifs is 1. The van der Waals surface area contributed by atoms with E-state index < -0.39 is 0 Å². The topological polar surface area (TPSA) is 56.0 Å². The van der Waals surface area contributed by atoms with Crippen LogP contribution in [0.4, 0.5) is 5.69 Å². The molecule has 0 aromatic carbocycles. The highest BCUT2D eigenvalue weighted by Crippen LogP contribution is 2.29. The van der Waals surface area contributed by atoms with Crippen LogP contribution in [0, 0.1) is 0 Å². The predicted octanol–water partition coefficient (Wildman–Crippen LogP) is 2.85. The van der Waals surface area contributed by atoms with Gasteiger partial charge in [-0.1, -0.05) is 23.9 Å². The minimum Gasteiger partial charge on any atom is -0.397 e. The number of nitrogens with zero attached hydrogens (tertiary/aromatic N) is 1. The molecular weight excluding hydrogens is 232 g/mol. The first-order valence-electron chi connectivity index (χ1n) is 5.67. The van der Waals surface area contributed by atoms with E-state index in [1.54, 1.807) is 17.8 Å². The zero-order valence-electron chi connectivity index (χ0n) is 9.95. The number of anilines is 1. The molecule has 1 aromatic rings. The molecule has 1 heterocycles. The highest BCUT2D eigenvalue weighted by molar-refractivity contribution is 7.99. The second-order valence-corrected chi connectivity index (χ2v) is 5.36. The van der Waals surface area contributed by atoms with Gasteiger partial charge >= 0.3 is 0 Å². The number of thioether (sulfide) groups is 1. The zero-order valence-corrected chi connectivity index (χ0v) is 10.8. The molecular formula is C13H16N2OS. The minimum atomic E-state index is 0.168. The van der Waals surface area contributed by atoms with E-state index in [0.29, 0.717) is 17.7 Å². The maximum absolute atomic E-state index is 11.7. The van der Waals surface area contributed by atoms with Crippen LogP contribution in [0.15, 0.2) is 23.2 Å². The van der Waals surface area contributed by atoms with E-state index in [-0.39, 0.29) is 5.78 Å². The number of carbonyl (C=O) groups is 1. The molecule has 4 heteroatoms. The number of carbonyl (C=O) groups excluding carboxylic acids is 1. The number of aryl methyl sites for hydroxylation is 1. The first-order chi connectivity index (χ1) is 8.08. The Morgan fingerprint density at radius 3 is 3.06 bits per heavy atom. The molecule has 0 saturated heterocycles. The molecule has 17 heavy (non-hydrogen) atoms. The molecule has 0 saturated carbocycles. The number of pyridine rings is 1. The van der Waals surface area contributed by atoms with Gasteiger partial charge in [-0.15, -0.1) is 0 Å². The number of ketones is 1. The van der Waals surface area contributed by atoms with Crippen LogP contribution in [-0.2, 0) is 6.42 Å². The van der Waals surface area contributed by atoms with Gasteiger partial charge in [0.15, 0.2) is 5.78 Å². The van der Waals surface area contributed by atoms with Crippen molar-refractivity contribution in [3.05, 3.63) is 29.5 Å². The van der Waals surface area contributed by atoms with E-state index in [1.807, 2.05) is 6.92 Å². The smallest absolute Gasteiger partial charge is 0.164 e. The van der Waals surface area contributed by atoms with Crippen molar-refractivity contribution in [3.8, 4) is 0 Å². The highest BCUT2D eigenvalue weighted by atomic mass is 32.2. The van der Waals surface area contributed by atoms with Crippen LogP contribution in [0.1, 0.15) is 35.8 Å². The average Bonchev–Trinajstić information content (AvgIpc) is 2.28. The van der Waals surface area contributed by atoms with Gasteiger partial charge < -0.3 is 5.73 Å². The number of hydrogen-bond donors (Lipinski definition) is 1. The van der Waals surface area contributed by atoms with Gasteiger partial charge in [-0.3, -0.25) is 4.79 Å². The standard InChI is InChI=1S/C13H16N2OS/c1-8(2)7-17-13-10(14)6-9-11(15-13)4-3-5-12(9)16/h6H,1,3-5,7,14H2,2H3.